The molecule has 0 aromatic carbocycles. The van der Waals surface area contributed by atoms with E-state index in [-0.39, 0.29) is 11.7 Å². The fraction of sp³-hybridized carbons (Fsp3) is 0.636. The third-order valence-electron chi connectivity index (χ3n) is 3.08. The van der Waals surface area contributed by atoms with Gasteiger partial charge in [-0.25, -0.2) is 0 Å². The number of carbonyl (C=O) groups is 2. The van der Waals surface area contributed by atoms with Crippen LogP contribution in [0.5, 0.6) is 0 Å². The molecule has 0 saturated carbocycles. The summed E-state index contributed by atoms with van der Waals surface area (Å²) in [4.78, 5) is 25.6. The van der Waals surface area contributed by atoms with E-state index in [9.17, 15) is 9.59 Å². The fourth-order valence-electron chi connectivity index (χ4n) is 1.93. The van der Waals surface area contributed by atoms with Crippen LogP contribution in [0.15, 0.2) is 12.3 Å². The van der Waals surface area contributed by atoms with E-state index in [1.165, 1.54) is 6.08 Å². The summed E-state index contributed by atoms with van der Waals surface area (Å²) in [6, 6.07) is 0. The molecule has 15 heavy (non-hydrogen) atoms. The lowest BCUT2D eigenvalue weighted by molar-refractivity contribution is -0.147. The van der Waals surface area contributed by atoms with E-state index in [0.29, 0.717) is 19.4 Å². The maximum atomic E-state index is 12.1. The second-order valence-electron chi connectivity index (χ2n) is 3.66. The van der Waals surface area contributed by atoms with Gasteiger partial charge in [0.05, 0.1) is 0 Å². The summed E-state index contributed by atoms with van der Waals surface area (Å²) in [6.45, 7) is 4.40. The molecule has 0 radical (unpaired) electrons. The van der Waals surface area contributed by atoms with Gasteiger partial charge < -0.3 is 4.90 Å². The molecule has 4 heteroatoms. The fourth-order valence-corrected chi connectivity index (χ4v) is 2.32. The van der Waals surface area contributed by atoms with Crippen LogP contribution in [0.1, 0.15) is 26.7 Å². The Morgan fingerprint density at radius 3 is 2.40 bits per heavy atom. The molecule has 0 unspecified atom stereocenters. The summed E-state index contributed by atoms with van der Waals surface area (Å²) in [5.74, 6) is -0.109. The smallest absolute Gasteiger partial charge is 0.240 e. The largest absolute Gasteiger partial charge is 0.317 e. The van der Waals surface area contributed by atoms with Gasteiger partial charge in [-0.3, -0.25) is 9.59 Å². The van der Waals surface area contributed by atoms with Gasteiger partial charge in [0, 0.05) is 18.1 Å². The van der Waals surface area contributed by atoms with E-state index in [1.807, 2.05) is 13.8 Å². The normalized spacial score (nSPS) is 19.8. The monoisotopic (exact) mass is 273 g/mol. The lowest BCUT2D eigenvalue weighted by Crippen LogP contribution is -2.49. The van der Waals surface area contributed by atoms with Crippen molar-refractivity contribution in [2.45, 2.75) is 26.7 Å². The Hall–Kier alpha value is -0.640. The van der Waals surface area contributed by atoms with Crippen molar-refractivity contribution in [1.82, 2.24) is 4.90 Å². The quantitative estimate of drug-likeness (QED) is 0.581. The molecule has 0 atom stereocenters. The minimum Gasteiger partial charge on any atom is -0.317 e. The minimum atomic E-state index is -0.809. The standard InChI is InChI=1S/C11H16BrNO2/c1-3-11(4-2)9(14)5-7-13(8-6-12)10(11)15/h5,7H,3-4,6,8H2,1-2H3. The highest BCUT2D eigenvalue weighted by Gasteiger charge is 2.45. The molecule has 84 valence electrons. The molecule has 0 aromatic rings. The Bertz CT molecular complexity index is 295. The van der Waals surface area contributed by atoms with E-state index < -0.39 is 5.41 Å². The maximum Gasteiger partial charge on any atom is 0.240 e. The van der Waals surface area contributed by atoms with Gasteiger partial charge >= 0.3 is 0 Å². The minimum absolute atomic E-state index is 0.0525. The Morgan fingerprint density at radius 2 is 1.93 bits per heavy atom. The predicted molar refractivity (Wildman–Crippen MR) is 62.7 cm³/mol. The molecule has 0 spiro atoms. The summed E-state index contributed by atoms with van der Waals surface area (Å²) >= 11 is 3.30. The van der Waals surface area contributed by atoms with Crippen LogP contribution in [-0.2, 0) is 9.59 Å². The van der Waals surface area contributed by atoms with Crippen LogP contribution < -0.4 is 0 Å². The SMILES string of the molecule is CCC1(CC)C(=O)C=CN(CCBr)C1=O. The summed E-state index contributed by atoms with van der Waals surface area (Å²) in [6.07, 6.45) is 4.27. The highest BCUT2D eigenvalue weighted by Crippen LogP contribution is 2.33. The van der Waals surface area contributed by atoms with Crippen LogP contribution in [0.3, 0.4) is 0 Å². The van der Waals surface area contributed by atoms with Crippen LogP contribution in [0.2, 0.25) is 0 Å². The Balaban J connectivity index is 3.03. The van der Waals surface area contributed by atoms with E-state index in [4.69, 9.17) is 0 Å². The molecule has 0 fully saturated rings. The van der Waals surface area contributed by atoms with Crippen molar-refractivity contribution in [2.75, 3.05) is 11.9 Å². The highest BCUT2D eigenvalue weighted by atomic mass is 79.9. The predicted octanol–water partition coefficient (Wildman–Crippen LogP) is 2.11. The molecule has 3 nitrogen and oxygen atoms in total. The molecular formula is C11H16BrNO2. The first-order chi connectivity index (χ1) is 7.12. The second kappa shape index (κ2) is 4.92. The third kappa shape index (κ3) is 2.00. The van der Waals surface area contributed by atoms with Crippen molar-refractivity contribution in [3.05, 3.63) is 12.3 Å². The molecule has 1 aliphatic heterocycles. The number of ketones is 1. The number of alkyl halides is 1. The first-order valence-corrected chi connectivity index (χ1v) is 6.34. The van der Waals surface area contributed by atoms with Crippen LogP contribution >= 0.6 is 15.9 Å². The lowest BCUT2D eigenvalue weighted by Gasteiger charge is -2.35. The Kier molecular flexibility index (Phi) is 4.08. The lowest BCUT2D eigenvalue weighted by atomic mass is 9.75. The first-order valence-electron chi connectivity index (χ1n) is 5.22. The first kappa shape index (κ1) is 12.4. The molecule has 0 aliphatic carbocycles. The van der Waals surface area contributed by atoms with Crippen LogP contribution in [0.4, 0.5) is 0 Å². The molecule has 1 rings (SSSR count). The van der Waals surface area contributed by atoms with Crippen molar-refractivity contribution < 1.29 is 9.59 Å². The average molecular weight is 274 g/mol. The van der Waals surface area contributed by atoms with E-state index in [2.05, 4.69) is 15.9 Å². The van der Waals surface area contributed by atoms with Crippen molar-refractivity contribution >= 4 is 27.6 Å². The topological polar surface area (TPSA) is 37.4 Å². The van der Waals surface area contributed by atoms with Crippen molar-refractivity contribution in [3.63, 3.8) is 0 Å². The van der Waals surface area contributed by atoms with Crippen molar-refractivity contribution in [2.24, 2.45) is 5.41 Å². The number of hydrogen-bond donors (Lipinski definition) is 0. The summed E-state index contributed by atoms with van der Waals surface area (Å²) < 4.78 is 0. The zero-order valence-electron chi connectivity index (χ0n) is 9.12. The third-order valence-corrected chi connectivity index (χ3v) is 3.43. The van der Waals surface area contributed by atoms with Gasteiger partial charge in [-0.15, -0.1) is 0 Å². The molecule has 0 saturated heterocycles. The number of allylic oxidation sites excluding steroid dienone is 1. The molecule has 1 heterocycles. The highest BCUT2D eigenvalue weighted by molar-refractivity contribution is 9.09. The summed E-state index contributed by atoms with van der Waals surface area (Å²) in [5, 5.41) is 0.723. The van der Waals surface area contributed by atoms with E-state index in [1.54, 1.807) is 11.1 Å². The molecule has 0 aromatic heterocycles. The number of nitrogens with zero attached hydrogens (tertiary/aromatic N) is 1. The molecular weight excluding hydrogens is 258 g/mol. The van der Waals surface area contributed by atoms with Crippen LogP contribution in [0.25, 0.3) is 0 Å². The van der Waals surface area contributed by atoms with Gasteiger partial charge in [0.2, 0.25) is 5.91 Å². The Labute approximate surface area is 98.6 Å². The van der Waals surface area contributed by atoms with E-state index >= 15 is 0 Å². The summed E-state index contributed by atoms with van der Waals surface area (Å²) in [7, 11) is 0. The van der Waals surface area contributed by atoms with Gasteiger partial charge in [0.1, 0.15) is 5.41 Å². The number of halogens is 1. The molecule has 0 N–H and O–H groups in total. The second-order valence-corrected chi connectivity index (χ2v) is 4.45. The number of amides is 1. The van der Waals surface area contributed by atoms with Crippen LogP contribution in [0, 0.1) is 5.41 Å². The van der Waals surface area contributed by atoms with Gasteiger partial charge in [-0.05, 0) is 18.9 Å². The van der Waals surface area contributed by atoms with Gasteiger partial charge in [0.25, 0.3) is 0 Å². The number of carbonyl (C=O) groups excluding carboxylic acids is 2. The average Bonchev–Trinajstić information content (AvgIpc) is 2.25. The molecule has 0 bridgehead atoms. The summed E-state index contributed by atoms with van der Waals surface area (Å²) in [5.41, 5.74) is -0.809. The van der Waals surface area contributed by atoms with Crippen molar-refractivity contribution in [3.8, 4) is 0 Å². The zero-order valence-corrected chi connectivity index (χ0v) is 10.7. The van der Waals surface area contributed by atoms with E-state index in [0.717, 1.165) is 5.33 Å². The molecule has 1 amide bonds. The zero-order chi connectivity index (χ0) is 11.5. The van der Waals surface area contributed by atoms with Gasteiger partial charge in [-0.2, -0.15) is 0 Å². The van der Waals surface area contributed by atoms with Gasteiger partial charge in [0.15, 0.2) is 5.78 Å². The number of hydrogen-bond acceptors (Lipinski definition) is 2. The maximum absolute atomic E-state index is 12.1. The van der Waals surface area contributed by atoms with Crippen LogP contribution in [-0.4, -0.2) is 28.5 Å². The van der Waals surface area contributed by atoms with Crippen molar-refractivity contribution in [1.29, 1.82) is 0 Å². The Morgan fingerprint density at radius 1 is 1.33 bits per heavy atom. The number of rotatable bonds is 4. The van der Waals surface area contributed by atoms with Gasteiger partial charge in [-0.1, -0.05) is 29.8 Å². The molecule has 1 aliphatic rings.